The molecule has 3 rings (SSSR count). The van der Waals surface area contributed by atoms with Gasteiger partial charge in [-0.05, 0) is 55.7 Å². The standard InChI is InChI=1S/C25H24BrFO4/c1-14-10-11-18(26)16(3)21(14)23(28)22-15(2)12-20(29-4)24(30-5)25(22)31-13-17-8-6-7-9-19(17)27/h6-12H,13H2,1-5H3. The number of methoxy groups -OCH3 is 2. The summed E-state index contributed by atoms with van der Waals surface area (Å²) in [5.74, 6) is 0.373. The minimum atomic E-state index is -0.382. The van der Waals surface area contributed by atoms with E-state index in [1.807, 2.05) is 32.9 Å². The van der Waals surface area contributed by atoms with Crippen molar-refractivity contribution in [3.05, 3.63) is 86.1 Å². The van der Waals surface area contributed by atoms with Crippen LogP contribution >= 0.6 is 15.9 Å². The van der Waals surface area contributed by atoms with Crippen LogP contribution in [-0.2, 0) is 6.61 Å². The maximum atomic E-state index is 14.2. The fraction of sp³-hybridized carbons (Fsp3) is 0.240. The van der Waals surface area contributed by atoms with Crippen molar-refractivity contribution in [1.82, 2.24) is 0 Å². The van der Waals surface area contributed by atoms with Crippen LogP contribution in [-0.4, -0.2) is 20.0 Å². The van der Waals surface area contributed by atoms with Crippen molar-refractivity contribution in [2.24, 2.45) is 0 Å². The molecule has 0 heterocycles. The minimum absolute atomic E-state index is 0.0631. The number of halogens is 2. The van der Waals surface area contributed by atoms with Crippen molar-refractivity contribution in [1.29, 1.82) is 0 Å². The number of carbonyl (C=O) groups excluding carboxylic acids is 1. The molecule has 0 saturated carbocycles. The van der Waals surface area contributed by atoms with Crippen molar-refractivity contribution in [2.75, 3.05) is 14.2 Å². The van der Waals surface area contributed by atoms with Crippen LogP contribution in [0.4, 0.5) is 4.39 Å². The first-order valence-electron chi connectivity index (χ1n) is 9.72. The van der Waals surface area contributed by atoms with Gasteiger partial charge in [-0.25, -0.2) is 4.39 Å². The van der Waals surface area contributed by atoms with Crippen LogP contribution < -0.4 is 14.2 Å². The summed E-state index contributed by atoms with van der Waals surface area (Å²) in [6.07, 6.45) is 0. The van der Waals surface area contributed by atoms with E-state index in [9.17, 15) is 9.18 Å². The van der Waals surface area contributed by atoms with Gasteiger partial charge in [0.05, 0.1) is 19.8 Å². The van der Waals surface area contributed by atoms with Gasteiger partial charge >= 0.3 is 0 Å². The van der Waals surface area contributed by atoms with Crippen LogP contribution in [0.2, 0.25) is 0 Å². The number of ether oxygens (including phenoxy) is 3. The van der Waals surface area contributed by atoms with Crippen molar-refractivity contribution in [3.63, 3.8) is 0 Å². The highest BCUT2D eigenvalue weighted by Crippen LogP contribution is 2.44. The number of hydrogen-bond donors (Lipinski definition) is 0. The second-order valence-corrected chi connectivity index (χ2v) is 8.06. The van der Waals surface area contributed by atoms with Gasteiger partial charge < -0.3 is 14.2 Å². The zero-order valence-corrected chi connectivity index (χ0v) is 19.7. The van der Waals surface area contributed by atoms with Crippen LogP contribution in [0.1, 0.15) is 38.2 Å². The molecule has 4 nitrogen and oxygen atoms in total. The molecule has 0 radical (unpaired) electrons. The zero-order chi connectivity index (χ0) is 22.7. The van der Waals surface area contributed by atoms with E-state index in [1.54, 1.807) is 24.3 Å². The van der Waals surface area contributed by atoms with Gasteiger partial charge in [-0.1, -0.05) is 40.2 Å². The molecule has 0 aromatic heterocycles. The highest BCUT2D eigenvalue weighted by Gasteiger charge is 2.27. The van der Waals surface area contributed by atoms with Crippen LogP contribution in [0.5, 0.6) is 17.2 Å². The van der Waals surface area contributed by atoms with E-state index in [2.05, 4.69) is 15.9 Å². The summed E-state index contributed by atoms with van der Waals surface area (Å²) in [6, 6.07) is 11.9. The van der Waals surface area contributed by atoms with Gasteiger partial charge in [0.2, 0.25) is 5.75 Å². The molecular weight excluding hydrogens is 463 g/mol. The Balaban J connectivity index is 2.19. The quantitative estimate of drug-likeness (QED) is 0.365. The van der Waals surface area contributed by atoms with E-state index in [4.69, 9.17) is 14.2 Å². The molecule has 6 heteroatoms. The molecule has 0 N–H and O–H groups in total. The molecule has 0 bridgehead atoms. The molecule has 3 aromatic rings. The molecule has 0 saturated heterocycles. The lowest BCUT2D eigenvalue weighted by atomic mass is 9.91. The lowest BCUT2D eigenvalue weighted by molar-refractivity contribution is 0.103. The van der Waals surface area contributed by atoms with Gasteiger partial charge in [0.15, 0.2) is 17.3 Å². The first-order chi connectivity index (χ1) is 14.8. The molecule has 162 valence electrons. The smallest absolute Gasteiger partial charge is 0.204 e. The third-order valence-electron chi connectivity index (χ3n) is 5.21. The molecular formula is C25H24BrFO4. The summed E-state index contributed by atoms with van der Waals surface area (Å²) in [4.78, 5) is 13.8. The molecule has 3 aromatic carbocycles. The summed E-state index contributed by atoms with van der Waals surface area (Å²) in [5.41, 5.74) is 3.67. The normalized spacial score (nSPS) is 10.7. The van der Waals surface area contributed by atoms with Gasteiger partial charge in [-0.15, -0.1) is 0 Å². The van der Waals surface area contributed by atoms with E-state index >= 15 is 0 Å². The molecule has 0 spiro atoms. The molecule has 0 fully saturated rings. The predicted octanol–water partition coefficient (Wildman–Crippen LogP) is 6.34. The van der Waals surface area contributed by atoms with E-state index in [1.165, 1.54) is 20.3 Å². The summed E-state index contributed by atoms with van der Waals surface area (Å²) in [5, 5.41) is 0. The largest absolute Gasteiger partial charge is 0.493 e. The van der Waals surface area contributed by atoms with E-state index in [-0.39, 0.29) is 29.7 Å². The molecule has 0 aliphatic rings. The fourth-order valence-electron chi connectivity index (χ4n) is 3.57. The van der Waals surface area contributed by atoms with Crippen molar-refractivity contribution in [3.8, 4) is 17.2 Å². The van der Waals surface area contributed by atoms with Crippen molar-refractivity contribution in [2.45, 2.75) is 27.4 Å². The lowest BCUT2D eigenvalue weighted by Gasteiger charge is -2.20. The van der Waals surface area contributed by atoms with E-state index in [0.717, 1.165) is 15.6 Å². The Hall–Kier alpha value is -2.86. The Labute approximate surface area is 190 Å². The number of ketones is 1. The van der Waals surface area contributed by atoms with Gasteiger partial charge in [0.1, 0.15) is 12.4 Å². The third-order valence-corrected chi connectivity index (χ3v) is 6.07. The maximum Gasteiger partial charge on any atom is 0.204 e. The predicted molar refractivity (Wildman–Crippen MR) is 122 cm³/mol. The van der Waals surface area contributed by atoms with Gasteiger partial charge in [0, 0.05) is 15.6 Å². The molecule has 31 heavy (non-hydrogen) atoms. The van der Waals surface area contributed by atoms with Crippen molar-refractivity contribution < 1.29 is 23.4 Å². The highest BCUT2D eigenvalue weighted by atomic mass is 79.9. The number of carbonyl (C=O) groups is 1. The minimum Gasteiger partial charge on any atom is -0.493 e. The first-order valence-corrected chi connectivity index (χ1v) is 10.5. The number of hydrogen-bond acceptors (Lipinski definition) is 4. The molecule has 0 aliphatic carbocycles. The second-order valence-electron chi connectivity index (χ2n) is 7.21. The van der Waals surface area contributed by atoms with Gasteiger partial charge in [-0.3, -0.25) is 4.79 Å². The summed E-state index contributed by atoms with van der Waals surface area (Å²) < 4.78 is 32.0. The lowest BCUT2D eigenvalue weighted by Crippen LogP contribution is -2.13. The molecule has 0 aliphatic heterocycles. The highest BCUT2D eigenvalue weighted by molar-refractivity contribution is 9.10. The topological polar surface area (TPSA) is 44.8 Å². The molecule has 0 atom stereocenters. The Kier molecular flexibility index (Phi) is 7.01. The van der Waals surface area contributed by atoms with Crippen LogP contribution in [0.25, 0.3) is 0 Å². The Morgan fingerprint density at radius 2 is 1.65 bits per heavy atom. The summed E-state index contributed by atoms with van der Waals surface area (Å²) >= 11 is 3.51. The molecule has 0 amide bonds. The Morgan fingerprint density at radius 1 is 0.935 bits per heavy atom. The first kappa shape index (κ1) is 22.8. The van der Waals surface area contributed by atoms with E-state index < -0.39 is 0 Å². The van der Waals surface area contributed by atoms with E-state index in [0.29, 0.717) is 28.0 Å². The Bertz CT molecular complexity index is 1140. The average Bonchev–Trinajstić information content (AvgIpc) is 2.75. The summed E-state index contributed by atoms with van der Waals surface area (Å²) in [6.45, 7) is 5.53. The SMILES string of the molecule is COc1cc(C)c(C(=O)c2c(C)ccc(Br)c2C)c(OCc2ccccc2F)c1OC. The second kappa shape index (κ2) is 9.52. The number of benzene rings is 3. The van der Waals surface area contributed by atoms with Gasteiger partial charge in [0.25, 0.3) is 0 Å². The zero-order valence-electron chi connectivity index (χ0n) is 18.1. The maximum absolute atomic E-state index is 14.2. The van der Waals surface area contributed by atoms with Crippen molar-refractivity contribution >= 4 is 21.7 Å². The molecule has 0 unspecified atom stereocenters. The van der Waals surface area contributed by atoms with Crippen LogP contribution in [0, 0.1) is 26.6 Å². The average molecular weight is 487 g/mol. The third kappa shape index (κ3) is 4.44. The monoisotopic (exact) mass is 486 g/mol. The fourth-order valence-corrected chi connectivity index (χ4v) is 3.90. The summed E-state index contributed by atoms with van der Waals surface area (Å²) in [7, 11) is 3.00. The number of aryl methyl sites for hydroxylation is 2. The number of rotatable bonds is 7. The van der Waals surface area contributed by atoms with Crippen LogP contribution in [0.15, 0.2) is 46.9 Å². The van der Waals surface area contributed by atoms with Gasteiger partial charge in [-0.2, -0.15) is 0 Å². The van der Waals surface area contributed by atoms with Crippen LogP contribution in [0.3, 0.4) is 0 Å². The Morgan fingerprint density at radius 3 is 2.29 bits per heavy atom.